The van der Waals surface area contributed by atoms with Crippen molar-refractivity contribution in [3.8, 4) is 6.07 Å². The number of Topliss-reactive ketones (excluding diaryl/α,β-unsaturated/α-hetero) is 1. The topological polar surface area (TPSA) is 44.1 Å². The first-order valence-electron chi connectivity index (χ1n) is 6.83. The fourth-order valence-electron chi connectivity index (χ4n) is 2.65. The average molecular weight is 256 g/mol. The zero-order valence-corrected chi connectivity index (χ0v) is 11.6. The van der Waals surface area contributed by atoms with E-state index in [0.29, 0.717) is 13.1 Å². The third kappa shape index (κ3) is 3.42. The SMILES string of the molecule is CC(C#N)CN(C)CC(=O)c1ccc2c(c1)CCC2. The summed E-state index contributed by atoms with van der Waals surface area (Å²) in [6.07, 6.45) is 3.44. The number of likely N-dealkylation sites (N-methyl/N-ethyl adjacent to an activating group) is 1. The van der Waals surface area contributed by atoms with E-state index in [1.54, 1.807) is 0 Å². The summed E-state index contributed by atoms with van der Waals surface area (Å²) < 4.78 is 0. The van der Waals surface area contributed by atoms with Crippen molar-refractivity contribution in [3.05, 3.63) is 34.9 Å². The highest BCUT2D eigenvalue weighted by molar-refractivity contribution is 5.97. The van der Waals surface area contributed by atoms with Crippen LogP contribution in [0.15, 0.2) is 18.2 Å². The number of rotatable bonds is 5. The van der Waals surface area contributed by atoms with Crippen molar-refractivity contribution in [1.82, 2.24) is 4.90 Å². The highest BCUT2D eigenvalue weighted by Crippen LogP contribution is 2.23. The monoisotopic (exact) mass is 256 g/mol. The van der Waals surface area contributed by atoms with E-state index in [2.05, 4.69) is 12.1 Å². The summed E-state index contributed by atoms with van der Waals surface area (Å²) in [5.74, 6) is 0.0974. The second-order valence-corrected chi connectivity index (χ2v) is 5.49. The molecule has 0 aliphatic heterocycles. The number of hydrogen-bond donors (Lipinski definition) is 0. The van der Waals surface area contributed by atoms with Gasteiger partial charge in [-0.1, -0.05) is 12.1 Å². The summed E-state index contributed by atoms with van der Waals surface area (Å²) in [4.78, 5) is 14.1. The Hall–Kier alpha value is -1.66. The Bertz CT molecular complexity index is 516. The van der Waals surface area contributed by atoms with Gasteiger partial charge in [-0.2, -0.15) is 5.26 Å². The van der Waals surface area contributed by atoms with Crippen LogP contribution in [-0.4, -0.2) is 30.8 Å². The Labute approximate surface area is 114 Å². The summed E-state index contributed by atoms with van der Waals surface area (Å²) in [6.45, 7) is 2.88. The van der Waals surface area contributed by atoms with Crippen LogP contribution < -0.4 is 0 Å². The second kappa shape index (κ2) is 5.99. The molecule has 1 unspecified atom stereocenters. The molecule has 0 bridgehead atoms. The van der Waals surface area contributed by atoms with Gasteiger partial charge in [-0.15, -0.1) is 0 Å². The zero-order valence-electron chi connectivity index (χ0n) is 11.6. The van der Waals surface area contributed by atoms with Gasteiger partial charge >= 0.3 is 0 Å². The van der Waals surface area contributed by atoms with Crippen LogP contribution in [0, 0.1) is 17.2 Å². The van der Waals surface area contributed by atoms with Crippen LogP contribution in [0.4, 0.5) is 0 Å². The maximum atomic E-state index is 12.2. The molecule has 0 amide bonds. The molecule has 0 spiro atoms. The standard InChI is InChI=1S/C16H20N2O/c1-12(9-17)10-18(2)11-16(19)15-7-6-13-4-3-5-14(13)8-15/h6-8,12H,3-5,10-11H2,1-2H3. The Kier molecular flexibility index (Phi) is 4.34. The Morgan fingerprint density at radius 3 is 2.89 bits per heavy atom. The van der Waals surface area contributed by atoms with E-state index in [9.17, 15) is 4.79 Å². The zero-order chi connectivity index (χ0) is 13.8. The van der Waals surface area contributed by atoms with Crippen LogP contribution in [0.3, 0.4) is 0 Å². The van der Waals surface area contributed by atoms with E-state index < -0.39 is 0 Å². The van der Waals surface area contributed by atoms with Gasteiger partial charge in [0.15, 0.2) is 5.78 Å². The number of benzene rings is 1. The van der Waals surface area contributed by atoms with Gasteiger partial charge in [0.05, 0.1) is 18.5 Å². The number of carbonyl (C=O) groups excluding carboxylic acids is 1. The number of fused-ring (bicyclic) bond motifs is 1. The van der Waals surface area contributed by atoms with E-state index in [4.69, 9.17) is 5.26 Å². The third-order valence-corrected chi connectivity index (χ3v) is 3.64. The van der Waals surface area contributed by atoms with Crippen LogP contribution in [0.25, 0.3) is 0 Å². The van der Waals surface area contributed by atoms with Crippen LogP contribution in [-0.2, 0) is 12.8 Å². The number of nitriles is 1. The molecule has 100 valence electrons. The minimum atomic E-state index is -0.0437. The van der Waals surface area contributed by atoms with Gasteiger partial charge in [-0.3, -0.25) is 9.69 Å². The summed E-state index contributed by atoms with van der Waals surface area (Å²) in [5, 5.41) is 8.78. The first-order chi connectivity index (χ1) is 9.10. The van der Waals surface area contributed by atoms with Gasteiger partial charge in [0.25, 0.3) is 0 Å². The van der Waals surface area contributed by atoms with Crippen LogP contribution >= 0.6 is 0 Å². The van der Waals surface area contributed by atoms with Gasteiger partial charge < -0.3 is 0 Å². The maximum Gasteiger partial charge on any atom is 0.176 e. The molecule has 0 radical (unpaired) electrons. The highest BCUT2D eigenvalue weighted by Gasteiger charge is 2.15. The third-order valence-electron chi connectivity index (χ3n) is 3.64. The van der Waals surface area contributed by atoms with Gasteiger partial charge in [-0.25, -0.2) is 0 Å². The lowest BCUT2D eigenvalue weighted by Gasteiger charge is -2.17. The molecular weight excluding hydrogens is 236 g/mol. The maximum absolute atomic E-state index is 12.2. The predicted molar refractivity (Wildman–Crippen MR) is 75.1 cm³/mol. The smallest absolute Gasteiger partial charge is 0.176 e. The summed E-state index contributed by atoms with van der Waals surface area (Å²) in [6, 6.07) is 8.27. The van der Waals surface area contributed by atoms with E-state index in [-0.39, 0.29) is 11.7 Å². The molecule has 1 aliphatic carbocycles. The number of ketones is 1. The molecule has 1 aromatic carbocycles. The normalized spacial score (nSPS) is 15.1. The van der Waals surface area contributed by atoms with Crippen molar-refractivity contribution in [2.24, 2.45) is 5.92 Å². The molecule has 0 aromatic heterocycles. The number of carbonyl (C=O) groups is 1. The molecule has 3 heteroatoms. The number of aryl methyl sites for hydroxylation is 2. The first-order valence-corrected chi connectivity index (χ1v) is 6.83. The lowest BCUT2D eigenvalue weighted by atomic mass is 10.0. The van der Waals surface area contributed by atoms with Crippen LogP contribution in [0.2, 0.25) is 0 Å². The Morgan fingerprint density at radius 2 is 2.16 bits per heavy atom. The molecule has 19 heavy (non-hydrogen) atoms. The summed E-state index contributed by atoms with van der Waals surface area (Å²) >= 11 is 0. The van der Waals surface area contributed by atoms with Crippen molar-refractivity contribution >= 4 is 5.78 Å². The van der Waals surface area contributed by atoms with E-state index in [0.717, 1.165) is 18.4 Å². The molecule has 2 rings (SSSR count). The van der Waals surface area contributed by atoms with E-state index in [1.807, 2.05) is 31.0 Å². The second-order valence-electron chi connectivity index (χ2n) is 5.49. The summed E-state index contributed by atoms with van der Waals surface area (Å²) in [7, 11) is 1.89. The molecule has 0 N–H and O–H groups in total. The minimum absolute atomic E-state index is 0.0437. The molecule has 0 heterocycles. The largest absolute Gasteiger partial charge is 0.298 e. The fourth-order valence-corrected chi connectivity index (χ4v) is 2.65. The van der Waals surface area contributed by atoms with Crippen LogP contribution in [0.5, 0.6) is 0 Å². The molecule has 1 aliphatic rings. The molecule has 0 saturated heterocycles. The lowest BCUT2D eigenvalue weighted by Crippen LogP contribution is -2.29. The van der Waals surface area contributed by atoms with E-state index in [1.165, 1.54) is 17.5 Å². The summed E-state index contributed by atoms with van der Waals surface area (Å²) in [5.41, 5.74) is 3.53. The minimum Gasteiger partial charge on any atom is -0.298 e. The molecule has 1 atom stereocenters. The lowest BCUT2D eigenvalue weighted by molar-refractivity contribution is 0.0942. The van der Waals surface area contributed by atoms with Crippen molar-refractivity contribution in [2.75, 3.05) is 20.1 Å². The van der Waals surface area contributed by atoms with Crippen molar-refractivity contribution in [3.63, 3.8) is 0 Å². The molecule has 1 aromatic rings. The predicted octanol–water partition coefficient (Wildman–Crippen LogP) is 2.45. The van der Waals surface area contributed by atoms with Crippen molar-refractivity contribution in [1.29, 1.82) is 5.26 Å². The van der Waals surface area contributed by atoms with E-state index >= 15 is 0 Å². The van der Waals surface area contributed by atoms with Crippen LogP contribution in [0.1, 0.15) is 34.8 Å². The quantitative estimate of drug-likeness (QED) is 0.760. The molecule has 3 nitrogen and oxygen atoms in total. The first kappa shape index (κ1) is 13.8. The Morgan fingerprint density at radius 1 is 1.42 bits per heavy atom. The fraction of sp³-hybridized carbons (Fsp3) is 0.500. The molecular formula is C16H20N2O. The highest BCUT2D eigenvalue weighted by atomic mass is 16.1. The van der Waals surface area contributed by atoms with Gasteiger partial charge in [0, 0.05) is 12.1 Å². The van der Waals surface area contributed by atoms with Crippen molar-refractivity contribution < 1.29 is 4.79 Å². The number of hydrogen-bond acceptors (Lipinski definition) is 3. The van der Waals surface area contributed by atoms with Gasteiger partial charge in [-0.05, 0) is 50.4 Å². The van der Waals surface area contributed by atoms with Gasteiger partial charge in [0.2, 0.25) is 0 Å². The Balaban J connectivity index is 1.98. The molecule has 0 fully saturated rings. The number of nitrogens with zero attached hydrogens (tertiary/aromatic N) is 2. The average Bonchev–Trinajstić information content (AvgIpc) is 2.85. The van der Waals surface area contributed by atoms with Gasteiger partial charge in [0.1, 0.15) is 0 Å². The molecule has 0 saturated carbocycles. The van der Waals surface area contributed by atoms with Crippen molar-refractivity contribution in [2.45, 2.75) is 26.2 Å².